The Morgan fingerprint density at radius 2 is 1.90 bits per heavy atom. The zero-order valence-corrected chi connectivity index (χ0v) is 12.4. The first-order valence-corrected chi connectivity index (χ1v) is 6.72. The number of carboxylic acid groups (broad SMARTS) is 1. The number of carboxylic acids is 1. The predicted octanol–water partition coefficient (Wildman–Crippen LogP) is 3.62. The molecule has 4 nitrogen and oxygen atoms in total. The molecule has 0 aliphatic heterocycles. The summed E-state index contributed by atoms with van der Waals surface area (Å²) in [6, 6.07) is 11.1. The minimum absolute atomic E-state index is 0.304. The number of methoxy groups -OCH3 is 1. The normalized spacial score (nSPS) is 10.2. The van der Waals surface area contributed by atoms with Crippen molar-refractivity contribution in [2.75, 3.05) is 12.4 Å². The molecule has 2 aromatic rings. The summed E-state index contributed by atoms with van der Waals surface area (Å²) in [5, 5.41) is 12.3. The predicted molar refractivity (Wildman–Crippen MR) is 83.2 cm³/mol. The van der Waals surface area contributed by atoms with Crippen molar-refractivity contribution in [3.8, 4) is 5.75 Å². The first-order valence-electron chi connectivity index (χ1n) is 6.72. The maximum atomic E-state index is 10.9. The first kappa shape index (κ1) is 14.9. The highest BCUT2D eigenvalue weighted by Gasteiger charge is 2.06. The van der Waals surface area contributed by atoms with Crippen molar-refractivity contribution in [3.63, 3.8) is 0 Å². The maximum absolute atomic E-state index is 10.9. The number of aromatic carboxylic acids is 1. The Kier molecular flexibility index (Phi) is 4.48. The van der Waals surface area contributed by atoms with Crippen molar-refractivity contribution >= 4 is 11.7 Å². The Morgan fingerprint density at radius 1 is 1.14 bits per heavy atom. The highest BCUT2D eigenvalue weighted by Crippen LogP contribution is 2.21. The number of rotatable bonds is 5. The quantitative estimate of drug-likeness (QED) is 0.881. The second-order valence-corrected chi connectivity index (χ2v) is 4.99. The molecule has 0 heterocycles. The summed E-state index contributed by atoms with van der Waals surface area (Å²) in [6.45, 7) is 4.58. The molecule has 0 aliphatic rings. The minimum Gasteiger partial charge on any atom is -0.496 e. The molecule has 0 aliphatic carbocycles. The van der Waals surface area contributed by atoms with E-state index in [1.165, 1.54) is 0 Å². The third kappa shape index (κ3) is 3.54. The van der Waals surface area contributed by atoms with E-state index in [2.05, 4.69) is 11.4 Å². The van der Waals surface area contributed by atoms with Gasteiger partial charge in [-0.3, -0.25) is 0 Å². The SMILES string of the molecule is COc1ccc(CNc2ccc(C(=O)O)cc2C)cc1C. The van der Waals surface area contributed by atoms with Crippen LogP contribution in [0.2, 0.25) is 0 Å². The van der Waals surface area contributed by atoms with Gasteiger partial charge < -0.3 is 15.2 Å². The van der Waals surface area contributed by atoms with Crippen molar-refractivity contribution in [2.24, 2.45) is 0 Å². The van der Waals surface area contributed by atoms with Crippen LogP contribution in [0.25, 0.3) is 0 Å². The zero-order chi connectivity index (χ0) is 15.4. The van der Waals surface area contributed by atoms with Crippen LogP contribution in [-0.2, 0) is 6.54 Å². The van der Waals surface area contributed by atoms with E-state index >= 15 is 0 Å². The Morgan fingerprint density at radius 3 is 2.48 bits per heavy atom. The second-order valence-electron chi connectivity index (χ2n) is 4.99. The van der Waals surface area contributed by atoms with Crippen LogP contribution in [0.5, 0.6) is 5.75 Å². The lowest BCUT2D eigenvalue weighted by Crippen LogP contribution is -2.03. The molecule has 0 saturated carbocycles. The lowest BCUT2D eigenvalue weighted by molar-refractivity contribution is 0.0697. The molecule has 0 unspecified atom stereocenters. The van der Waals surface area contributed by atoms with Gasteiger partial charge in [-0.15, -0.1) is 0 Å². The molecule has 2 rings (SSSR count). The molecule has 0 bridgehead atoms. The van der Waals surface area contributed by atoms with E-state index in [0.29, 0.717) is 12.1 Å². The van der Waals surface area contributed by atoms with Gasteiger partial charge in [0.1, 0.15) is 5.75 Å². The highest BCUT2D eigenvalue weighted by atomic mass is 16.5. The molecule has 2 N–H and O–H groups in total. The fourth-order valence-corrected chi connectivity index (χ4v) is 2.24. The molecule has 4 heteroatoms. The lowest BCUT2D eigenvalue weighted by Gasteiger charge is -2.12. The van der Waals surface area contributed by atoms with Crippen LogP contribution < -0.4 is 10.1 Å². The monoisotopic (exact) mass is 285 g/mol. The molecule has 0 amide bonds. The summed E-state index contributed by atoms with van der Waals surface area (Å²) >= 11 is 0. The average Bonchev–Trinajstić information content (AvgIpc) is 2.46. The van der Waals surface area contributed by atoms with Crippen LogP contribution in [0, 0.1) is 13.8 Å². The molecule has 110 valence electrons. The highest BCUT2D eigenvalue weighted by molar-refractivity contribution is 5.88. The number of ether oxygens (including phenoxy) is 1. The number of anilines is 1. The number of aryl methyl sites for hydroxylation is 2. The Hall–Kier alpha value is -2.49. The van der Waals surface area contributed by atoms with Gasteiger partial charge in [-0.05, 0) is 54.8 Å². The molecule has 0 saturated heterocycles. The number of nitrogens with one attached hydrogen (secondary N) is 1. The fraction of sp³-hybridized carbons (Fsp3) is 0.235. The average molecular weight is 285 g/mol. The summed E-state index contributed by atoms with van der Waals surface area (Å²) < 4.78 is 5.24. The zero-order valence-electron chi connectivity index (χ0n) is 12.4. The third-order valence-corrected chi connectivity index (χ3v) is 3.42. The van der Waals surface area contributed by atoms with E-state index < -0.39 is 5.97 Å². The van der Waals surface area contributed by atoms with Crippen LogP contribution in [0.3, 0.4) is 0 Å². The van der Waals surface area contributed by atoms with Gasteiger partial charge in [0.2, 0.25) is 0 Å². The molecule has 0 atom stereocenters. The molecular weight excluding hydrogens is 266 g/mol. The summed E-state index contributed by atoms with van der Waals surface area (Å²) in [7, 11) is 1.66. The van der Waals surface area contributed by atoms with Crippen LogP contribution in [0.4, 0.5) is 5.69 Å². The second kappa shape index (κ2) is 6.31. The van der Waals surface area contributed by atoms with Crippen LogP contribution in [-0.4, -0.2) is 18.2 Å². The maximum Gasteiger partial charge on any atom is 0.335 e. The van der Waals surface area contributed by atoms with Gasteiger partial charge in [0, 0.05) is 12.2 Å². The molecule has 0 spiro atoms. The van der Waals surface area contributed by atoms with Gasteiger partial charge in [-0.1, -0.05) is 12.1 Å². The van der Waals surface area contributed by atoms with Gasteiger partial charge >= 0.3 is 5.97 Å². The topological polar surface area (TPSA) is 58.6 Å². The summed E-state index contributed by atoms with van der Waals surface area (Å²) in [5.74, 6) is -0.0313. The van der Waals surface area contributed by atoms with E-state index in [4.69, 9.17) is 9.84 Å². The van der Waals surface area contributed by atoms with E-state index in [9.17, 15) is 4.79 Å². The van der Waals surface area contributed by atoms with Gasteiger partial charge in [-0.2, -0.15) is 0 Å². The van der Waals surface area contributed by atoms with E-state index in [-0.39, 0.29) is 0 Å². The molecule has 0 aromatic heterocycles. The number of carbonyl (C=O) groups is 1. The van der Waals surface area contributed by atoms with Gasteiger partial charge in [0.05, 0.1) is 12.7 Å². The van der Waals surface area contributed by atoms with E-state index in [1.54, 1.807) is 25.3 Å². The standard InChI is InChI=1S/C17H19NO3/c1-11-9-14(17(19)20)5-6-15(11)18-10-13-4-7-16(21-3)12(2)8-13/h4-9,18H,10H2,1-3H3,(H,19,20). The number of benzene rings is 2. The van der Waals surface area contributed by atoms with E-state index in [1.807, 2.05) is 26.0 Å². The Bertz CT molecular complexity index is 665. The van der Waals surface area contributed by atoms with Crippen LogP contribution >= 0.6 is 0 Å². The van der Waals surface area contributed by atoms with E-state index in [0.717, 1.165) is 28.1 Å². The summed E-state index contributed by atoms with van der Waals surface area (Å²) in [6.07, 6.45) is 0. The van der Waals surface area contributed by atoms with Crippen LogP contribution in [0.15, 0.2) is 36.4 Å². The number of hydrogen-bond acceptors (Lipinski definition) is 3. The van der Waals surface area contributed by atoms with Crippen molar-refractivity contribution in [3.05, 3.63) is 58.7 Å². The third-order valence-electron chi connectivity index (χ3n) is 3.42. The lowest BCUT2D eigenvalue weighted by atomic mass is 10.1. The summed E-state index contributed by atoms with van der Waals surface area (Å²) in [4.78, 5) is 10.9. The van der Waals surface area contributed by atoms with Gasteiger partial charge in [0.15, 0.2) is 0 Å². The van der Waals surface area contributed by atoms with Gasteiger partial charge in [0.25, 0.3) is 0 Å². The molecule has 0 fully saturated rings. The fourth-order valence-electron chi connectivity index (χ4n) is 2.24. The summed E-state index contributed by atoms with van der Waals surface area (Å²) in [5.41, 5.74) is 4.40. The number of hydrogen-bond donors (Lipinski definition) is 2. The molecule has 21 heavy (non-hydrogen) atoms. The molecular formula is C17H19NO3. The molecule has 0 radical (unpaired) electrons. The van der Waals surface area contributed by atoms with Crippen molar-refractivity contribution in [2.45, 2.75) is 20.4 Å². The van der Waals surface area contributed by atoms with Crippen molar-refractivity contribution in [1.29, 1.82) is 0 Å². The largest absolute Gasteiger partial charge is 0.496 e. The van der Waals surface area contributed by atoms with Crippen LogP contribution in [0.1, 0.15) is 27.0 Å². The van der Waals surface area contributed by atoms with Crippen molar-refractivity contribution < 1.29 is 14.6 Å². The first-order chi connectivity index (χ1) is 10.0. The molecule has 2 aromatic carbocycles. The minimum atomic E-state index is -0.907. The smallest absolute Gasteiger partial charge is 0.335 e. The Balaban J connectivity index is 2.09. The van der Waals surface area contributed by atoms with Crippen molar-refractivity contribution in [1.82, 2.24) is 0 Å². The Labute approximate surface area is 124 Å². The van der Waals surface area contributed by atoms with Gasteiger partial charge in [-0.25, -0.2) is 4.79 Å².